The van der Waals surface area contributed by atoms with Gasteiger partial charge in [-0.1, -0.05) is 0 Å². The van der Waals surface area contributed by atoms with E-state index in [0.717, 1.165) is 22.3 Å². The quantitative estimate of drug-likeness (QED) is 0.717. The van der Waals surface area contributed by atoms with Gasteiger partial charge in [0.05, 0.1) is 25.0 Å². The van der Waals surface area contributed by atoms with Crippen LogP contribution in [-0.4, -0.2) is 17.9 Å². The molecule has 2 heterocycles. The highest BCUT2D eigenvalue weighted by atomic mass is 16.3. The predicted octanol–water partition coefficient (Wildman–Crippen LogP) is 4.40. The van der Waals surface area contributed by atoms with Crippen LogP contribution in [0.1, 0.15) is 35.4 Å². The van der Waals surface area contributed by atoms with Crippen molar-refractivity contribution in [2.75, 3.05) is 7.05 Å². The Hall–Kier alpha value is -2.49. The van der Waals surface area contributed by atoms with E-state index in [4.69, 9.17) is 8.83 Å². The van der Waals surface area contributed by atoms with Crippen LogP contribution in [0.25, 0.3) is 11.0 Å². The molecule has 23 heavy (non-hydrogen) atoms. The fourth-order valence-corrected chi connectivity index (χ4v) is 2.70. The van der Waals surface area contributed by atoms with Crippen molar-refractivity contribution < 1.29 is 13.6 Å². The molecule has 3 aromatic rings. The smallest absolute Gasteiger partial charge is 0.227 e. The molecule has 0 spiro atoms. The molecule has 0 aliphatic heterocycles. The molecule has 1 aromatic carbocycles. The van der Waals surface area contributed by atoms with Crippen LogP contribution in [0.5, 0.6) is 0 Å². The topological polar surface area (TPSA) is 46.6 Å². The van der Waals surface area contributed by atoms with Crippen LogP contribution >= 0.6 is 0 Å². The third-order valence-electron chi connectivity index (χ3n) is 4.54. The fourth-order valence-electron chi connectivity index (χ4n) is 2.70. The number of likely N-dealkylation sites (N-methyl/N-ethyl adjacent to an activating group) is 1. The molecule has 0 fully saturated rings. The zero-order valence-corrected chi connectivity index (χ0v) is 13.9. The van der Waals surface area contributed by atoms with Crippen LogP contribution in [0.3, 0.4) is 0 Å². The molecule has 1 amide bonds. The Kier molecular flexibility index (Phi) is 3.99. The number of furan rings is 2. The van der Waals surface area contributed by atoms with Gasteiger partial charge in [0.2, 0.25) is 5.91 Å². The molecule has 0 aliphatic rings. The molecule has 0 saturated carbocycles. The van der Waals surface area contributed by atoms with Gasteiger partial charge in [-0.3, -0.25) is 4.79 Å². The third-order valence-corrected chi connectivity index (χ3v) is 4.54. The first-order valence-electron chi connectivity index (χ1n) is 7.73. The predicted molar refractivity (Wildman–Crippen MR) is 89.3 cm³/mol. The zero-order valence-electron chi connectivity index (χ0n) is 13.9. The minimum atomic E-state index is -0.0976. The Bertz CT molecular complexity index is 830. The maximum Gasteiger partial charge on any atom is 0.227 e. The second kappa shape index (κ2) is 5.95. The molecular formula is C19H21NO3. The van der Waals surface area contributed by atoms with E-state index in [2.05, 4.69) is 19.9 Å². The summed E-state index contributed by atoms with van der Waals surface area (Å²) in [4.78, 5) is 14.3. The van der Waals surface area contributed by atoms with Gasteiger partial charge < -0.3 is 13.7 Å². The lowest BCUT2D eigenvalue weighted by atomic mass is 10.0. The van der Waals surface area contributed by atoms with Crippen LogP contribution in [0, 0.1) is 13.8 Å². The van der Waals surface area contributed by atoms with Gasteiger partial charge in [0, 0.05) is 18.0 Å². The van der Waals surface area contributed by atoms with Gasteiger partial charge in [-0.2, -0.15) is 0 Å². The lowest BCUT2D eigenvalue weighted by Crippen LogP contribution is -2.30. The zero-order chi connectivity index (χ0) is 16.6. The lowest BCUT2D eigenvalue weighted by molar-refractivity contribution is -0.131. The number of aryl methyl sites for hydroxylation is 2. The van der Waals surface area contributed by atoms with Gasteiger partial charge >= 0.3 is 0 Å². The van der Waals surface area contributed by atoms with E-state index >= 15 is 0 Å². The number of benzene rings is 1. The van der Waals surface area contributed by atoms with Crippen molar-refractivity contribution in [1.82, 2.24) is 4.90 Å². The number of fused-ring (bicyclic) bond motifs is 1. The summed E-state index contributed by atoms with van der Waals surface area (Å²) in [5.41, 5.74) is 4.14. The van der Waals surface area contributed by atoms with Gasteiger partial charge in [0.1, 0.15) is 11.3 Å². The summed E-state index contributed by atoms with van der Waals surface area (Å²) in [5.74, 6) is 0.819. The number of hydrogen-bond donors (Lipinski definition) is 0. The molecule has 0 saturated heterocycles. The first-order valence-corrected chi connectivity index (χ1v) is 7.73. The summed E-state index contributed by atoms with van der Waals surface area (Å²) in [6.07, 6.45) is 3.63. The number of carbonyl (C=O) groups excluding carboxylic acids is 1. The Morgan fingerprint density at radius 3 is 2.65 bits per heavy atom. The van der Waals surface area contributed by atoms with Crippen LogP contribution in [0.2, 0.25) is 0 Å². The highest BCUT2D eigenvalue weighted by Gasteiger charge is 2.21. The summed E-state index contributed by atoms with van der Waals surface area (Å²) in [6.45, 7) is 6.08. The van der Waals surface area contributed by atoms with Crippen molar-refractivity contribution in [2.45, 2.75) is 33.2 Å². The minimum Gasteiger partial charge on any atom is -0.467 e. The molecule has 2 aromatic heterocycles. The first kappa shape index (κ1) is 15.4. The third kappa shape index (κ3) is 2.89. The molecule has 4 heteroatoms. The lowest BCUT2D eigenvalue weighted by Gasteiger charge is -2.23. The van der Waals surface area contributed by atoms with Crippen LogP contribution in [-0.2, 0) is 11.2 Å². The molecule has 0 bridgehead atoms. The molecule has 0 radical (unpaired) electrons. The molecule has 0 aliphatic carbocycles. The van der Waals surface area contributed by atoms with E-state index in [0.29, 0.717) is 6.42 Å². The normalized spacial score (nSPS) is 12.5. The molecule has 120 valence electrons. The minimum absolute atomic E-state index is 0.0369. The van der Waals surface area contributed by atoms with Crippen molar-refractivity contribution in [3.63, 3.8) is 0 Å². The molecule has 3 rings (SSSR count). The second-order valence-electron chi connectivity index (χ2n) is 6.07. The number of amides is 1. The van der Waals surface area contributed by atoms with Crippen molar-refractivity contribution in [3.05, 3.63) is 59.2 Å². The maximum absolute atomic E-state index is 12.6. The van der Waals surface area contributed by atoms with E-state index in [-0.39, 0.29) is 11.9 Å². The van der Waals surface area contributed by atoms with E-state index < -0.39 is 0 Å². The van der Waals surface area contributed by atoms with Crippen molar-refractivity contribution in [2.24, 2.45) is 0 Å². The molecule has 4 nitrogen and oxygen atoms in total. The number of hydrogen-bond acceptors (Lipinski definition) is 3. The molecular weight excluding hydrogens is 290 g/mol. The number of rotatable bonds is 4. The monoisotopic (exact) mass is 311 g/mol. The van der Waals surface area contributed by atoms with Gasteiger partial charge in [0.25, 0.3) is 0 Å². The highest BCUT2D eigenvalue weighted by molar-refractivity contribution is 5.88. The van der Waals surface area contributed by atoms with Crippen molar-refractivity contribution >= 4 is 16.9 Å². The molecule has 1 unspecified atom stereocenters. The van der Waals surface area contributed by atoms with Crippen LogP contribution in [0.4, 0.5) is 0 Å². The second-order valence-corrected chi connectivity index (χ2v) is 6.07. The van der Waals surface area contributed by atoms with Crippen molar-refractivity contribution in [3.8, 4) is 0 Å². The first-order chi connectivity index (χ1) is 11.0. The van der Waals surface area contributed by atoms with Gasteiger partial charge in [-0.05, 0) is 56.2 Å². The van der Waals surface area contributed by atoms with E-state index in [1.165, 1.54) is 11.1 Å². The van der Waals surface area contributed by atoms with Gasteiger partial charge in [-0.25, -0.2) is 0 Å². The molecule has 1 atom stereocenters. The van der Waals surface area contributed by atoms with Crippen LogP contribution < -0.4 is 0 Å². The van der Waals surface area contributed by atoms with Gasteiger partial charge in [-0.15, -0.1) is 0 Å². The van der Waals surface area contributed by atoms with E-state index in [1.807, 2.05) is 25.1 Å². The average molecular weight is 311 g/mol. The summed E-state index contributed by atoms with van der Waals surface area (Å²) in [7, 11) is 1.80. The largest absolute Gasteiger partial charge is 0.467 e. The Balaban J connectivity index is 1.81. The SMILES string of the molecule is Cc1cc2occ(CC(=O)N(C)C(C)c3ccco3)c2cc1C. The summed E-state index contributed by atoms with van der Waals surface area (Å²) < 4.78 is 11.0. The Morgan fingerprint density at radius 2 is 1.96 bits per heavy atom. The van der Waals surface area contributed by atoms with E-state index in [1.54, 1.807) is 24.5 Å². The summed E-state index contributed by atoms with van der Waals surface area (Å²) >= 11 is 0. The summed E-state index contributed by atoms with van der Waals surface area (Å²) in [5, 5.41) is 1.01. The average Bonchev–Trinajstić information content (AvgIpc) is 3.17. The highest BCUT2D eigenvalue weighted by Crippen LogP contribution is 2.26. The number of carbonyl (C=O) groups is 1. The van der Waals surface area contributed by atoms with Crippen molar-refractivity contribution in [1.29, 1.82) is 0 Å². The Labute approximate surface area is 135 Å². The van der Waals surface area contributed by atoms with E-state index in [9.17, 15) is 4.79 Å². The standard InChI is InChI=1S/C19H21NO3/c1-12-8-16-15(11-23-18(16)9-13(12)2)10-19(21)20(4)14(3)17-6-5-7-22-17/h5-9,11,14H,10H2,1-4H3. The maximum atomic E-state index is 12.6. The van der Waals surface area contributed by atoms with Crippen LogP contribution in [0.15, 0.2) is 45.6 Å². The number of nitrogens with zero attached hydrogens (tertiary/aromatic N) is 1. The fraction of sp³-hybridized carbons (Fsp3) is 0.316. The molecule has 0 N–H and O–H groups in total. The van der Waals surface area contributed by atoms with Gasteiger partial charge in [0.15, 0.2) is 0 Å². The Morgan fingerprint density at radius 1 is 1.22 bits per heavy atom. The summed E-state index contributed by atoms with van der Waals surface area (Å²) in [6, 6.07) is 7.73.